The third-order valence-electron chi connectivity index (χ3n) is 6.06. The number of aromatic carboxylic acids is 2. The molecule has 2 N–H and O–H groups in total. The molecule has 0 saturated heterocycles. The minimum absolute atomic E-state index is 0.00287. The van der Waals surface area contributed by atoms with Gasteiger partial charge in [-0.05, 0) is 92.2 Å². The number of fused-ring (bicyclic) bond motifs is 1. The summed E-state index contributed by atoms with van der Waals surface area (Å²) in [5, 5.41) is 20.7. The summed E-state index contributed by atoms with van der Waals surface area (Å²) in [6, 6.07) is 25.7. The van der Waals surface area contributed by atoms with E-state index in [0.29, 0.717) is 50.1 Å². The van der Waals surface area contributed by atoms with Crippen molar-refractivity contribution < 1.29 is 29.3 Å². The Hall–Kier alpha value is -4.75. The highest BCUT2D eigenvalue weighted by molar-refractivity contribution is 6.30. The van der Waals surface area contributed by atoms with Crippen molar-refractivity contribution in [2.75, 3.05) is 0 Å². The summed E-state index contributed by atoms with van der Waals surface area (Å²) in [6.07, 6.45) is 0.00287. The van der Waals surface area contributed by atoms with Gasteiger partial charge in [-0.25, -0.2) is 9.59 Å². The van der Waals surface area contributed by atoms with Gasteiger partial charge in [0.1, 0.15) is 17.2 Å². The molecule has 0 atom stereocenters. The molecule has 196 valence electrons. The average molecular weight is 542 g/mol. The number of hydrogen-bond donors (Lipinski definition) is 2. The zero-order valence-corrected chi connectivity index (χ0v) is 21.8. The Morgan fingerprint density at radius 3 is 2.08 bits per heavy atom. The van der Waals surface area contributed by atoms with E-state index in [1.54, 1.807) is 54.6 Å². The maximum absolute atomic E-state index is 12.7. The fourth-order valence-electron chi connectivity index (χ4n) is 4.47. The second-order valence-electron chi connectivity index (χ2n) is 9.15. The van der Waals surface area contributed by atoms with Crippen LogP contribution in [0, 0.1) is 0 Å². The van der Waals surface area contributed by atoms with Crippen LogP contribution in [0.1, 0.15) is 34.6 Å². The number of carboxylic acid groups (broad SMARTS) is 2. The molecular formula is C31H24ClNO6. The van der Waals surface area contributed by atoms with Crippen LogP contribution in [-0.4, -0.2) is 32.8 Å². The van der Waals surface area contributed by atoms with Crippen molar-refractivity contribution in [1.82, 2.24) is 4.57 Å². The van der Waals surface area contributed by atoms with Crippen molar-refractivity contribution in [2.24, 2.45) is 0 Å². The Balaban J connectivity index is 1.73. The molecule has 1 aromatic heterocycles. The Bertz CT molecular complexity index is 1690. The number of aromatic nitrogens is 1. The van der Waals surface area contributed by atoms with E-state index >= 15 is 0 Å². The average Bonchev–Trinajstić information content (AvgIpc) is 3.23. The molecule has 39 heavy (non-hydrogen) atoms. The zero-order valence-electron chi connectivity index (χ0n) is 21.1. The monoisotopic (exact) mass is 541 g/mol. The van der Waals surface area contributed by atoms with E-state index in [2.05, 4.69) is 0 Å². The predicted octanol–water partition coefficient (Wildman–Crippen LogP) is 7.93. The Labute approximate surface area is 229 Å². The van der Waals surface area contributed by atoms with Gasteiger partial charge in [-0.1, -0.05) is 29.8 Å². The molecule has 8 heteroatoms. The molecule has 0 aliphatic carbocycles. The lowest BCUT2D eigenvalue weighted by Gasteiger charge is -2.14. The Kier molecular flexibility index (Phi) is 7.00. The molecule has 0 saturated carbocycles. The largest absolute Gasteiger partial charge is 0.491 e. The quantitative estimate of drug-likeness (QED) is 0.207. The van der Waals surface area contributed by atoms with Crippen molar-refractivity contribution in [3.8, 4) is 34.2 Å². The molecule has 0 unspecified atom stereocenters. The van der Waals surface area contributed by atoms with Gasteiger partial charge in [0.2, 0.25) is 0 Å². The SMILES string of the molecule is CC(C)Oc1ccc(-n2c(-c3ccc(C(=O)O)cc3)c(C(=O)O)c3cc(Oc4cccc(Cl)c4)ccc32)cc1. The lowest BCUT2D eigenvalue weighted by Crippen LogP contribution is -2.06. The first-order valence-electron chi connectivity index (χ1n) is 12.2. The van der Waals surface area contributed by atoms with Gasteiger partial charge in [-0.15, -0.1) is 0 Å². The number of nitrogens with zero attached hydrogens (tertiary/aromatic N) is 1. The molecular weight excluding hydrogens is 518 g/mol. The second-order valence-corrected chi connectivity index (χ2v) is 9.58. The summed E-state index contributed by atoms with van der Waals surface area (Å²) in [7, 11) is 0. The Morgan fingerprint density at radius 1 is 0.795 bits per heavy atom. The van der Waals surface area contributed by atoms with Crippen molar-refractivity contribution in [1.29, 1.82) is 0 Å². The first kappa shape index (κ1) is 25.9. The van der Waals surface area contributed by atoms with Crippen LogP contribution in [0.5, 0.6) is 17.2 Å². The van der Waals surface area contributed by atoms with E-state index in [1.165, 1.54) is 12.1 Å². The molecule has 0 bridgehead atoms. The molecule has 0 radical (unpaired) electrons. The van der Waals surface area contributed by atoms with Gasteiger partial charge in [-0.2, -0.15) is 0 Å². The summed E-state index contributed by atoms with van der Waals surface area (Å²) in [5.74, 6) is -0.547. The highest BCUT2D eigenvalue weighted by Crippen LogP contribution is 2.39. The maximum atomic E-state index is 12.7. The summed E-state index contributed by atoms with van der Waals surface area (Å²) >= 11 is 6.10. The van der Waals surface area contributed by atoms with Crippen molar-refractivity contribution in [3.63, 3.8) is 0 Å². The van der Waals surface area contributed by atoms with E-state index in [4.69, 9.17) is 21.1 Å². The van der Waals surface area contributed by atoms with Crippen LogP contribution < -0.4 is 9.47 Å². The smallest absolute Gasteiger partial charge is 0.338 e. The van der Waals surface area contributed by atoms with Crippen molar-refractivity contribution in [2.45, 2.75) is 20.0 Å². The van der Waals surface area contributed by atoms with Gasteiger partial charge in [0, 0.05) is 16.1 Å². The summed E-state index contributed by atoms with van der Waals surface area (Å²) in [4.78, 5) is 24.2. The fourth-order valence-corrected chi connectivity index (χ4v) is 4.66. The molecule has 5 rings (SSSR count). The van der Waals surface area contributed by atoms with E-state index in [-0.39, 0.29) is 17.2 Å². The summed E-state index contributed by atoms with van der Waals surface area (Å²) < 4.78 is 13.6. The molecule has 0 aliphatic heterocycles. The van der Waals surface area contributed by atoms with Gasteiger partial charge >= 0.3 is 11.9 Å². The number of hydrogen-bond acceptors (Lipinski definition) is 4. The maximum Gasteiger partial charge on any atom is 0.338 e. The molecule has 0 fully saturated rings. The van der Waals surface area contributed by atoms with Crippen LogP contribution in [0.3, 0.4) is 0 Å². The third-order valence-corrected chi connectivity index (χ3v) is 6.29. The van der Waals surface area contributed by atoms with Crippen LogP contribution in [0.15, 0.2) is 91.0 Å². The fraction of sp³-hybridized carbons (Fsp3) is 0.0968. The molecule has 1 heterocycles. The molecule has 0 spiro atoms. The standard InChI is InChI=1S/C31H24ClNO6/c1-18(2)38-23-12-10-22(11-13-23)33-27-15-14-25(39-24-5-3-4-21(32)16-24)17-26(27)28(31(36)37)29(33)19-6-8-20(9-7-19)30(34)35/h3-18H,1-2H3,(H,34,35)(H,36,37). The first-order valence-corrected chi connectivity index (χ1v) is 12.5. The highest BCUT2D eigenvalue weighted by atomic mass is 35.5. The lowest BCUT2D eigenvalue weighted by atomic mass is 10.0. The van der Waals surface area contributed by atoms with Crippen LogP contribution in [-0.2, 0) is 0 Å². The van der Waals surface area contributed by atoms with E-state index in [9.17, 15) is 19.8 Å². The van der Waals surface area contributed by atoms with E-state index < -0.39 is 11.9 Å². The third kappa shape index (κ3) is 5.30. The predicted molar refractivity (Wildman–Crippen MR) is 150 cm³/mol. The van der Waals surface area contributed by atoms with Crippen LogP contribution in [0.25, 0.3) is 27.8 Å². The van der Waals surface area contributed by atoms with Crippen LogP contribution >= 0.6 is 11.6 Å². The topological polar surface area (TPSA) is 98.0 Å². The van der Waals surface area contributed by atoms with Crippen LogP contribution in [0.2, 0.25) is 5.02 Å². The molecule has 4 aromatic carbocycles. The minimum atomic E-state index is -1.13. The second kappa shape index (κ2) is 10.6. The number of ether oxygens (including phenoxy) is 2. The van der Waals surface area contributed by atoms with Crippen molar-refractivity contribution >= 4 is 34.4 Å². The van der Waals surface area contributed by atoms with Gasteiger partial charge < -0.3 is 24.3 Å². The number of halogens is 1. The number of rotatable bonds is 8. The minimum Gasteiger partial charge on any atom is -0.491 e. The molecule has 0 aliphatic rings. The summed E-state index contributed by atoms with van der Waals surface area (Å²) in [5.41, 5.74) is 2.48. The summed E-state index contributed by atoms with van der Waals surface area (Å²) in [6.45, 7) is 3.88. The van der Waals surface area contributed by atoms with Gasteiger partial charge in [0.25, 0.3) is 0 Å². The van der Waals surface area contributed by atoms with E-state index in [0.717, 1.165) is 0 Å². The number of carbonyl (C=O) groups is 2. The Morgan fingerprint density at radius 2 is 1.46 bits per heavy atom. The van der Waals surface area contributed by atoms with Gasteiger partial charge in [0.05, 0.1) is 28.4 Å². The highest BCUT2D eigenvalue weighted by Gasteiger charge is 2.25. The van der Waals surface area contributed by atoms with Crippen LogP contribution in [0.4, 0.5) is 0 Å². The molecule has 5 aromatic rings. The first-order chi connectivity index (χ1) is 18.7. The number of benzene rings is 4. The van der Waals surface area contributed by atoms with E-state index in [1.807, 2.05) is 42.7 Å². The molecule has 7 nitrogen and oxygen atoms in total. The van der Waals surface area contributed by atoms with Crippen molar-refractivity contribution in [3.05, 3.63) is 107 Å². The zero-order chi connectivity index (χ0) is 27.7. The number of carboxylic acids is 2. The lowest BCUT2D eigenvalue weighted by molar-refractivity contribution is 0.0687. The molecule has 0 amide bonds. The van der Waals surface area contributed by atoms with Gasteiger partial charge in [0.15, 0.2) is 0 Å². The normalized spacial score (nSPS) is 11.1. The van der Waals surface area contributed by atoms with Gasteiger partial charge in [-0.3, -0.25) is 0 Å².